The topological polar surface area (TPSA) is 53.8 Å². The zero-order valence-electron chi connectivity index (χ0n) is 11.5. The van der Waals surface area contributed by atoms with E-state index < -0.39 is 10.0 Å². The summed E-state index contributed by atoms with van der Waals surface area (Å²) >= 11 is 8.85. The second-order valence-electron chi connectivity index (χ2n) is 5.11. The number of piperidine rings is 1. The van der Waals surface area contributed by atoms with Crippen molar-refractivity contribution in [3.8, 4) is 0 Å². The number of sulfonamides is 1. The van der Waals surface area contributed by atoms with E-state index in [0.29, 0.717) is 18.8 Å². The van der Waals surface area contributed by atoms with Crippen LogP contribution in [0.15, 0.2) is 20.0 Å². The molecule has 1 fully saturated rings. The summed E-state index contributed by atoms with van der Waals surface area (Å²) in [6.07, 6.45) is 1.87. The van der Waals surface area contributed by atoms with E-state index in [1.807, 2.05) is 14.1 Å². The molecule has 1 aliphatic rings. The van der Waals surface area contributed by atoms with Crippen molar-refractivity contribution in [1.29, 1.82) is 0 Å². The molecule has 8 heteroatoms. The number of rotatable bonds is 4. The van der Waals surface area contributed by atoms with E-state index in [1.165, 1.54) is 10.4 Å². The molecule has 0 N–H and O–H groups in total. The Balaban J connectivity index is 2.27. The van der Waals surface area contributed by atoms with Crippen molar-refractivity contribution in [3.63, 3.8) is 0 Å². The molecular formula is C12H18BrClN2O3S. The Bertz CT molecular complexity index is 573. The van der Waals surface area contributed by atoms with Gasteiger partial charge in [-0.05, 0) is 42.9 Å². The van der Waals surface area contributed by atoms with E-state index in [9.17, 15) is 8.42 Å². The average Bonchev–Trinajstić information content (AvgIpc) is 2.81. The number of alkyl halides is 1. The fourth-order valence-corrected chi connectivity index (χ4v) is 4.95. The Labute approximate surface area is 133 Å². The van der Waals surface area contributed by atoms with Crippen LogP contribution in [0.25, 0.3) is 0 Å². The minimum Gasteiger partial charge on any atom is -0.452 e. The normalized spacial score (nSPS) is 21.6. The Morgan fingerprint density at radius 3 is 2.80 bits per heavy atom. The van der Waals surface area contributed by atoms with Gasteiger partial charge in [0.2, 0.25) is 10.0 Å². The van der Waals surface area contributed by atoms with Crippen molar-refractivity contribution in [2.24, 2.45) is 0 Å². The highest BCUT2D eigenvalue weighted by Gasteiger charge is 2.33. The fourth-order valence-electron chi connectivity index (χ4n) is 2.34. The highest BCUT2D eigenvalue weighted by Crippen LogP contribution is 2.31. The molecule has 0 spiro atoms. The van der Waals surface area contributed by atoms with Crippen molar-refractivity contribution in [2.75, 3.05) is 27.2 Å². The summed E-state index contributed by atoms with van der Waals surface area (Å²) in [7, 11) is 0.404. The number of likely N-dealkylation sites (N-methyl/N-ethyl adjacent to an activating group) is 1. The molecule has 1 unspecified atom stereocenters. The van der Waals surface area contributed by atoms with Crippen LogP contribution in [0.4, 0.5) is 0 Å². The van der Waals surface area contributed by atoms with Crippen LogP contribution in [0.1, 0.15) is 18.6 Å². The van der Waals surface area contributed by atoms with Crippen LogP contribution >= 0.6 is 27.5 Å². The second-order valence-corrected chi connectivity index (χ2v) is 8.00. The maximum absolute atomic E-state index is 12.7. The zero-order chi connectivity index (χ0) is 14.9. The highest BCUT2D eigenvalue weighted by atomic mass is 79.9. The first-order valence-electron chi connectivity index (χ1n) is 6.37. The van der Waals surface area contributed by atoms with Gasteiger partial charge in [0.25, 0.3) is 0 Å². The van der Waals surface area contributed by atoms with E-state index in [0.717, 1.165) is 12.8 Å². The Hall–Kier alpha value is -0.0800. The van der Waals surface area contributed by atoms with Crippen LogP contribution in [-0.2, 0) is 15.9 Å². The van der Waals surface area contributed by atoms with Gasteiger partial charge in [-0.1, -0.05) is 0 Å². The van der Waals surface area contributed by atoms with Crippen molar-refractivity contribution in [3.05, 3.63) is 16.5 Å². The van der Waals surface area contributed by atoms with E-state index in [-0.39, 0.29) is 21.5 Å². The van der Waals surface area contributed by atoms with Crippen LogP contribution < -0.4 is 0 Å². The van der Waals surface area contributed by atoms with Crippen molar-refractivity contribution < 1.29 is 12.8 Å². The predicted octanol–water partition coefficient (Wildman–Crippen LogP) is 2.50. The van der Waals surface area contributed by atoms with E-state index >= 15 is 0 Å². The summed E-state index contributed by atoms with van der Waals surface area (Å²) in [5.41, 5.74) is 0. The lowest BCUT2D eigenvalue weighted by Crippen LogP contribution is -2.47. The number of halogens is 2. The molecule has 5 nitrogen and oxygen atoms in total. The maximum Gasteiger partial charge on any atom is 0.247 e. The first kappa shape index (κ1) is 16.3. The van der Waals surface area contributed by atoms with Gasteiger partial charge in [0.05, 0.1) is 5.88 Å². The third-order valence-electron chi connectivity index (χ3n) is 3.55. The van der Waals surface area contributed by atoms with Crippen LogP contribution in [-0.4, -0.2) is 50.8 Å². The highest BCUT2D eigenvalue weighted by molar-refractivity contribution is 9.10. The monoisotopic (exact) mass is 384 g/mol. The van der Waals surface area contributed by atoms with Crippen LogP contribution in [0.3, 0.4) is 0 Å². The lowest BCUT2D eigenvalue weighted by molar-refractivity contribution is 0.190. The number of furan rings is 1. The molecule has 0 aliphatic carbocycles. The molecule has 0 bridgehead atoms. The largest absolute Gasteiger partial charge is 0.452 e. The zero-order valence-corrected chi connectivity index (χ0v) is 14.6. The van der Waals surface area contributed by atoms with Crippen LogP contribution in [0, 0.1) is 0 Å². The first-order valence-corrected chi connectivity index (χ1v) is 9.13. The van der Waals surface area contributed by atoms with Gasteiger partial charge in [-0.15, -0.1) is 11.6 Å². The molecule has 0 saturated carbocycles. The van der Waals surface area contributed by atoms with Gasteiger partial charge < -0.3 is 9.32 Å². The minimum absolute atomic E-state index is 0.147. The molecule has 1 aromatic rings. The van der Waals surface area contributed by atoms with Gasteiger partial charge in [0.15, 0.2) is 4.67 Å². The van der Waals surface area contributed by atoms with Crippen LogP contribution in [0.2, 0.25) is 0 Å². The summed E-state index contributed by atoms with van der Waals surface area (Å²) in [5, 5.41) is 0. The molecule has 0 amide bonds. The van der Waals surface area contributed by atoms with Crippen molar-refractivity contribution in [2.45, 2.75) is 29.7 Å². The maximum atomic E-state index is 12.7. The molecule has 0 radical (unpaired) electrons. The molecule has 1 aliphatic heterocycles. The quantitative estimate of drug-likeness (QED) is 0.747. The van der Waals surface area contributed by atoms with Gasteiger partial charge in [0, 0.05) is 25.2 Å². The number of nitrogens with zero attached hydrogens (tertiary/aromatic N) is 2. The summed E-state index contributed by atoms with van der Waals surface area (Å²) in [5.74, 6) is 0.590. The van der Waals surface area contributed by atoms with Crippen molar-refractivity contribution >= 4 is 37.6 Å². The molecule has 2 heterocycles. The number of hydrogen-bond acceptors (Lipinski definition) is 4. The summed E-state index contributed by atoms with van der Waals surface area (Å²) < 4.78 is 32.4. The Kier molecular flexibility index (Phi) is 5.18. The molecule has 1 saturated heterocycles. The third kappa shape index (κ3) is 3.22. The molecule has 114 valence electrons. The van der Waals surface area contributed by atoms with Gasteiger partial charge in [0.1, 0.15) is 10.7 Å². The third-order valence-corrected chi connectivity index (χ3v) is 6.53. The van der Waals surface area contributed by atoms with Gasteiger partial charge in [-0.3, -0.25) is 0 Å². The lowest BCUT2D eigenvalue weighted by Gasteiger charge is -2.35. The SMILES string of the molecule is CN(C)C1CCCN(S(=O)(=O)c2cc(CCl)oc2Br)C1. The minimum atomic E-state index is -3.54. The number of hydrogen-bond donors (Lipinski definition) is 0. The Morgan fingerprint density at radius 1 is 1.55 bits per heavy atom. The molecule has 1 aromatic heterocycles. The van der Waals surface area contributed by atoms with Gasteiger partial charge in [-0.25, -0.2) is 8.42 Å². The van der Waals surface area contributed by atoms with Gasteiger partial charge in [-0.2, -0.15) is 4.31 Å². The molecular weight excluding hydrogens is 368 g/mol. The molecule has 1 atom stereocenters. The predicted molar refractivity (Wildman–Crippen MR) is 81.4 cm³/mol. The van der Waals surface area contributed by atoms with Crippen LogP contribution in [0.5, 0.6) is 0 Å². The van der Waals surface area contributed by atoms with E-state index in [2.05, 4.69) is 20.8 Å². The Morgan fingerprint density at radius 2 is 2.25 bits per heavy atom. The molecule has 2 rings (SSSR count). The lowest BCUT2D eigenvalue weighted by atomic mass is 10.1. The first-order chi connectivity index (χ1) is 9.36. The second kappa shape index (κ2) is 6.36. The smallest absolute Gasteiger partial charge is 0.247 e. The molecule has 0 aromatic carbocycles. The summed E-state index contributed by atoms with van der Waals surface area (Å²) in [4.78, 5) is 2.23. The van der Waals surface area contributed by atoms with E-state index in [1.54, 1.807) is 0 Å². The standard InChI is InChI=1S/C12H18BrClN2O3S/c1-15(2)9-4-3-5-16(8-9)20(17,18)11-6-10(7-14)19-12(11)13/h6,9H,3-5,7-8H2,1-2H3. The average molecular weight is 386 g/mol. The van der Waals surface area contributed by atoms with E-state index in [4.69, 9.17) is 16.0 Å². The fraction of sp³-hybridized carbons (Fsp3) is 0.667. The molecule has 20 heavy (non-hydrogen) atoms. The van der Waals surface area contributed by atoms with Crippen molar-refractivity contribution in [1.82, 2.24) is 9.21 Å². The summed E-state index contributed by atoms with van der Waals surface area (Å²) in [6, 6.07) is 1.74. The van der Waals surface area contributed by atoms with Gasteiger partial charge >= 0.3 is 0 Å². The summed E-state index contributed by atoms with van der Waals surface area (Å²) in [6.45, 7) is 1.05.